The molecule has 2 rings (SSSR count). The number of rotatable bonds is 3. The van der Waals surface area contributed by atoms with Crippen molar-refractivity contribution in [1.29, 1.82) is 0 Å². The summed E-state index contributed by atoms with van der Waals surface area (Å²) in [5.74, 6) is 0. The predicted octanol–water partition coefficient (Wildman–Crippen LogP) is 3.26. The zero-order valence-corrected chi connectivity index (χ0v) is 14.8. The molecule has 0 radical (unpaired) electrons. The van der Waals surface area contributed by atoms with Gasteiger partial charge in [-0.2, -0.15) is 0 Å². The topological polar surface area (TPSA) is 67.9 Å². The van der Waals surface area contributed by atoms with Gasteiger partial charge in [-0.25, -0.2) is 14.0 Å². The van der Waals surface area contributed by atoms with E-state index in [9.17, 15) is 14.0 Å². The van der Waals surface area contributed by atoms with Gasteiger partial charge in [0.2, 0.25) is 0 Å². The number of carbonyl (C=O) groups excluding carboxylic acids is 2. The highest BCUT2D eigenvalue weighted by Gasteiger charge is 2.34. The lowest BCUT2D eigenvalue weighted by molar-refractivity contribution is 0.0365. The van der Waals surface area contributed by atoms with Gasteiger partial charge in [0.05, 0.1) is 12.6 Å². The number of nitrogens with one attached hydrogen (secondary N) is 1. The molecule has 1 aliphatic rings. The van der Waals surface area contributed by atoms with Crippen LogP contribution in [0.25, 0.3) is 0 Å². The van der Waals surface area contributed by atoms with E-state index < -0.39 is 30.0 Å². The Morgan fingerprint density at radius 3 is 2.56 bits per heavy atom. The molecule has 138 valence electrons. The Balaban J connectivity index is 1.78. The third-order valence-corrected chi connectivity index (χ3v) is 3.71. The molecule has 0 aliphatic carbocycles. The van der Waals surface area contributed by atoms with E-state index >= 15 is 0 Å². The number of piperidine rings is 1. The summed E-state index contributed by atoms with van der Waals surface area (Å²) in [7, 11) is 0. The fourth-order valence-electron chi connectivity index (χ4n) is 2.50. The van der Waals surface area contributed by atoms with E-state index in [4.69, 9.17) is 9.47 Å². The van der Waals surface area contributed by atoms with Crippen LogP contribution in [0.15, 0.2) is 30.3 Å². The van der Waals surface area contributed by atoms with Crippen molar-refractivity contribution >= 4 is 12.2 Å². The van der Waals surface area contributed by atoms with Crippen LogP contribution in [-0.2, 0) is 16.1 Å². The van der Waals surface area contributed by atoms with Crippen LogP contribution in [0.5, 0.6) is 0 Å². The zero-order chi connectivity index (χ0) is 18.4. The second kappa shape index (κ2) is 8.18. The van der Waals surface area contributed by atoms with Crippen LogP contribution in [-0.4, -0.2) is 48.0 Å². The highest BCUT2D eigenvalue weighted by Crippen LogP contribution is 2.17. The van der Waals surface area contributed by atoms with Crippen molar-refractivity contribution in [3.8, 4) is 0 Å². The summed E-state index contributed by atoms with van der Waals surface area (Å²) in [4.78, 5) is 25.1. The fraction of sp³-hybridized carbons (Fsp3) is 0.556. The van der Waals surface area contributed by atoms with Crippen molar-refractivity contribution in [2.75, 3.05) is 13.1 Å². The monoisotopic (exact) mass is 352 g/mol. The van der Waals surface area contributed by atoms with Crippen molar-refractivity contribution in [3.63, 3.8) is 0 Å². The highest BCUT2D eigenvalue weighted by atomic mass is 19.1. The molecule has 1 saturated heterocycles. The fourth-order valence-corrected chi connectivity index (χ4v) is 2.50. The van der Waals surface area contributed by atoms with Crippen LogP contribution >= 0.6 is 0 Å². The van der Waals surface area contributed by atoms with E-state index in [0.29, 0.717) is 13.0 Å². The summed E-state index contributed by atoms with van der Waals surface area (Å²) in [5.41, 5.74) is 0.229. The van der Waals surface area contributed by atoms with Gasteiger partial charge in [0, 0.05) is 6.54 Å². The Kier molecular flexibility index (Phi) is 6.22. The maximum Gasteiger partial charge on any atom is 0.410 e. The van der Waals surface area contributed by atoms with Crippen molar-refractivity contribution in [3.05, 3.63) is 35.9 Å². The molecule has 1 aromatic carbocycles. The number of nitrogens with zero attached hydrogens (tertiary/aromatic N) is 1. The molecular formula is C18H25FN2O4. The van der Waals surface area contributed by atoms with Gasteiger partial charge in [-0.15, -0.1) is 0 Å². The zero-order valence-electron chi connectivity index (χ0n) is 14.8. The van der Waals surface area contributed by atoms with Gasteiger partial charge in [-0.1, -0.05) is 30.3 Å². The molecule has 1 fully saturated rings. The van der Waals surface area contributed by atoms with Crippen molar-refractivity contribution in [2.45, 2.75) is 51.6 Å². The number of halogens is 1. The van der Waals surface area contributed by atoms with Crippen LogP contribution < -0.4 is 5.32 Å². The molecule has 1 aromatic rings. The lowest BCUT2D eigenvalue weighted by Gasteiger charge is -2.34. The quantitative estimate of drug-likeness (QED) is 0.907. The summed E-state index contributed by atoms with van der Waals surface area (Å²) in [6, 6.07) is 8.61. The van der Waals surface area contributed by atoms with E-state index in [1.165, 1.54) is 4.90 Å². The first-order valence-electron chi connectivity index (χ1n) is 8.34. The minimum Gasteiger partial charge on any atom is -0.445 e. The van der Waals surface area contributed by atoms with Crippen molar-refractivity contribution in [2.24, 2.45) is 0 Å². The van der Waals surface area contributed by atoms with Crippen molar-refractivity contribution < 1.29 is 23.5 Å². The molecule has 2 amide bonds. The number of hydrogen-bond acceptors (Lipinski definition) is 4. The smallest absolute Gasteiger partial charge is 0.410 e. The molecule has 25 heavy (non-hydrogen) atoms. The molecule has 2 unspecified atom stereocenters. The number of alkyl halides is 1. The number of hydrogen-bond donors (Lipinski definition) is 1. The summed E-state index contributed by atoms with van der Waals surface area (Å²) in [6.45, 7) is 5.57. The average Bonchev–Trinajstić information content (AvgIpc) is 2.53. The van der Waals surface area contributed by atoms with E-state index in [0.717, 1.165) is 5.56 Å². The molecular weight excluding hydrogens is 327 g/mol. The van der Waals surface area contributed by atoms with Gasteiger partial charge >= 0.3 is 12.2 Å². The third-order valence-electron chi connectivity index (χ3n) is 3.71. The minimum absolute atomic E-state index is 0.117. The van der Waals surface area contributed by atoms with Gasteiger partial charge in [-0.3, -0.25) is 0 Å². The first kappa shape index (κ1) is 19.0. The number of benzene rings is 1. The molecule has 1 aliphatic heterocycles. The summed E-state index contributed by atoms with van der Waals surface area (Å²) in [5, 5.41) is 2.53. The number of carbonyl (C=O) groups is 2. The van der Waals surface area contributed by atoms with Gasteiger partial charge < -0.3 is 19.7 Å². The Morgan fingerprint density at radius 2 is 1.96 bits per heavy atom. The SMILES string of the molecule is CC(C)(C)OC(=O)NC1CCN(C(=O)OCc2ccccc2)CC1F. The Bertz CT molecular complexity index is 588. The van der Waals surface area contributed by atoms with E-state index in [2.05, 4.69) is 5.32 Å². The number of ether oxygens (including phenoxy) is 2. The molecule has 0 bridgehead atoms. The van der Waals surface area contributed by atoms with E-state index in [1.54, 1.807) is 20.8 Å². The summed E-state index contributed by atoms with van der Waals surface area (Å²) in [6.07, 6.45) is -2.27. The Labute approximate surface area is 147 Å². The van der Waals surface area contributed by atoms with Gasteiger partial charge in [0.1, 0.15) is 18.4 Å². The van der Waals surface area contributed by atoms with Crippen molar-refractivity contribution in [1.82, 2.24) is 10.2 Å². The van der Waals surface area contributed by atoms with Gasteiger partial charge in [-0.05, 0) is 32.8 Å². The number of likely N-dealkylation sites (tertiary alicyclic amines) is 1. The van der Waals surface area contributed by atoms with Crippen LogP contribution in [0.1, 0.15) is 32.8 Å². The molecule has 1 heterocycles. The maximum atomic E-state index is 14.3. The molecule has 1 N–H and O–H groups in total. The predicted molar refractivity (Wildman–Crippen MR) is 90.9 cm³/mol. The van der Waals surface area contributed by atoms with E-state index in [1.807, 2.05) is 30.3 Å². The molecule has 6 nitrogen and oxygen atoms in total. The van der Waals surface area contributed by atoms with Crippen LogP contribution in [0.4, 0.5) is 14.0 Å². The lowest BCUT2D eigenvalue weighted by Crippen LogP contribution is -2.54. The second-order valence-electron chi connectivity index (χ2n) is 7.04. The highest BCUT2D eigenvalue weighted by molar-refractivity contribution is 5.69. The van der Waals surface area contributed by atoms with E-state index in [-0.39, 0.29) is 13.2 Å². The number of alkyl carbamates (subject to hydrolysis) is 1. The summed E-state index contributed by atoms with van der Waals surface area (Å²) >= 11 is 0. The Hall–Kier alpha value is -2.31. The molecule has 0 saturated carbocycles. The first-order valence-corrected chi connectivity index (χ1v) is 8.34. The van der Waals surface area contributed by atoms with Crippen LogP contribution in [0, 0.1) is 0 Å². The van der Waals surface area contributed by atoms with Gasteiger partial charge in [0.15, 0.2) is 0 Å². The molecule has 0 spiro atoms. The summed E-state index contributed by atoms with van der Waals surface area (Å²) < 4.78 is 24.6. The maximum absolute atomic E-state index is 14.3. The molecule has 0 aromatic heterocycles. The largest absolute Gasteiger partial charge is 0.445 e. The minimum atomic E-state index is -1.37. The van der Waals surface area contributed by atoms with Crippen LogP contribution in [0.3, 0.4) is 0 Å². The van der Waals surface area contributed by atoms with Crippen LogP contribution in [0.2, 0.25) is 0 Å². The lowest BCUT2D eigenvalue weighted by atomic mass is 10.0. The second-order valence-corrected chi connectivity index (χ2v) is 7.04. The standard InChI is InChI=1S/C18H25FN2O4/c1-18(2,3)25-16(22)20-15-9-10-21(11-14(15)19)17(23)24-12-13-7-5-4-6-8-13/h4-8,14-15H,9-12H2,1-3H3,(H,20,22). The normalized spacial score (nSPS) is 20.7. The molecule has 2 atom stereocenters. The average molecular weight is 352 g/mol. The molecule has 7 heteroatoms. The van der Waals surface area contributed by atoms with Gasteiger partial charge in [0.25, 0.3) is 0 Å². The third kappa shape index (κ3) is 6.25. The number of amides is 2. The first-order chi connectivity index (χ1) is 11.7. The Morgan fingerprint density at radius 1 is 1.28 bits per heavy atom.